The van der Waals surface area contributed by atoms with E-state index in [1.807, 2.05) is 0 Å². The summed E-state index contributed by atoms with van der Waals surface area (Å²) in [6.45, 7) is 0. The summed E-state index contributed by atoms with van der Waals surface area (Å²) in [5, 5.41) is 9.52. The number of nitrogens with zero attached hydrogens (tertiary/aromatic N) is 4. The second-order valence-electron chi connectivity index (χ2n) is 20.2. The van der Waals surface area contributed by atoms with Gasteiger partial charge in [-0.3, -0.25) is 0 Å². The molecule has 0 aliphatic rings. The number of anilines is 12. The van der Waals surface area contributed by atoms with Gasteiger partial charge in [-0.05, 0) is 177 Å². The Morgan fingerprint density at radius 2 is 0.400 bits per heavy atom. The molecule has 0 fully saturated rings. The van der Waals surface area contributed by atoms with Crippen LogP contribution in [-0.4, -0.2) is 0 Å². The molecule has 14 rings (SSSR count). The first kappa shape index (κ1) is 47.7. The molecule has 4 nitrogen and oxygen atoms in total. The van der Waals surface area contributed by atoms with E-state index in [4.69, 9.17) is 0 Å². The van der Waals surface area contributed by atoms with Crippen molar-refractivity contribution in [2.75, 3.05) is 19.6 Å². The Bertz CT molecular complexity index is 4170. The van der Waals surface area contributed by atoms with Crippen molar-refractivity contribution in [3.63, 3.8) is 0 Å². The van der Waals surface area contributed by atoms with E-state index in [0.29, 0.717) is 0 Å². The number of hydrogen-bond donors (Lipinski definition) is 0. The third kappa shape index (κ3) is 9.21. The summed E-state index contributed by atoms with van der Waals surface area (Å²) in [5.41, 5.74) is 15.6. The van der Waals surface area contributed by atoms with Crippen LogP contribution < -0.4 is 19.6 Å². The molecule has 14 aromatic rings. The van der Waals surface area contributed by atoms with Crippen molar-refractivity contribution >= 4 is 111 Å². The fraction of sp³-hybridized carbons (Fsp3) is 0. The quantitative estimate of drug-likeness (QED) is 0.114. The first-order chi connectivity index (χ1) is 39.7. The van der Waals surface area contributed by atoms with Gasteiger partial charge in [-0.1, -0.05) is 194 Å². The van der Waals surface area contributed by atoms with Crippen molar-refractivity contribution in [2.45, 2.75) is 0 Å². The van der Waals surface area contributed by atoms with E-state index in [1.165, 1.54) is 43.1 Å². The molecular weight excluding hydrogens is 969 g/mol. The minimum atomic E-state index is 1.08. The predicted octanol–water partition coefficient (Wildman–Crippen LogP) is 21.8. The molecule has 0 bridgehead atoms. The lowest BCUT2D eigenvalue weighted by atomic mass is 10.0. The zero-order valence-corrected chi connectivity index (χ0v) is 44.0. The maximum absolute atomic E-state index is 2.37. The van der Waals surface area contributed by atoms with Crippen LogP contribution in [0, 0.1) is 0 Å². The van der Waals surface area contributed by atoms with Gasteiger partial charge in [0, 0.05) is 67.6 Å². The molecule has 0 amide bonds. The summed E-state index contributed by atoms with van der Waals surface area (Å²) in [7, 11) is 0. The van der Waals surface area contributed by atoms with Gasteiger partial charge in [0.2, 0.25) is 0 Å². The van der Waals surface area contributed by atoms with Crippen LogP contribution in [0.4, 0.5) is 68.2 Å². The van der Waals surface area contributed by atoms with Gasteiger partial charge >= 0.3 is 0 Å². The highest BCUT2D eigenvalue weighted by Crippen LogP contribution is 2.44. The van der Waals surface area contributed by atoms with Crippen LogP contribution in [0.15, 0.2) is 328 Å². The third-order valence-corrected chi connectivity index (χ3v) is 15.3. The topological polar surface area (TPSA) is 13.0 Å². The summed E-state index contributed by atoms with van der Waals surface area (Å²) in [4.78, 5) is 9.43. The van der Waals surface area contributed by atoms with Crippen LogP contribution in [0.3, 0.4) is 0 Å². The second kappa shape index (κ2) is 21.0. The number of rotatable bonds is 13. The Labute approximate surface area is 467 Å². The van der Waals surface area contributed by atoms with E-state index in [2.05, 4.69) is 347 Å². The fourth-order valence-electron chi connectivity index (χ4n) is 11.5. The molecule has 0 aliphatic carbocycles. The van der Waals surface area contributed by atoms with Gasteiger partial charge < -0.3 is 19.6 Å². The molecule has 0 N–H and O–H groups in total. The molecule has 14 aromatic carbocycles. The largest absolute Gasteiger partial charge is 0.310 e. The summed E-state index contributed by atoms with van der Waals surface area (Å²) in [5.74, 6) is 0. The van der Waals surface area contributed by atoms with Gasteiger partial charge in [-0.25, -0.2) is 0 Å². The van der Waals surface area contributed by atoms with Crippen molar-refractivity contribution in [1.82, 2.24) is 0 Å². The Morgan fingerprint density at radius 3 is 0.738 bits per heavy atom. The first-order valence-corrected chi connectivity index (χ1v) is 27.3. The average molecular weight is 1020 g/mol. The summed E-state index contributed by atoms with van der Waals surface area (Å²) >= 11 is 0. The average Bonchev–Trinajstić information content (AvgIpc) is 3.56. The lowest BCUT2D eigenvalue weighted by Crippen LogP contribution is -2.11. The van der Waals surface area contributed by atoms with Gasteiger partial charge in [-0.2, -0.15) is 0 Å². The number of hydrogen-bond acceptors (Lipinski definition) is 4. The molecule has 0 saturated carbocycles. The lowest BCUT2D eigenvalue weighted by molar-refractivity contribution is 1.28. The normalized spacial score (nSPS) is 11.2. The van der Waals surface area contributed by atoms with Gasteiger partial charge in [0.05, 0.1) is 11.4 Å². The standard InChI is InChI=1S/C76H54N4/c1-5-23-63(24-6-1)77(69-47-39-61-53-71(49-41-59(61)51-69)79(65-27-9-3-10-28-65)75-33-17-21-57-19-13-15-31-73(57)75)67-43-35-55(36-44-67)56-37-45-68(46-38-56)78(64-25-7-2-8-26-64)70-48-40-62-54-72(50-42-60(62)52-70)80(66-29-11-4-12-30-66)76-34-18-22-58-20-14-16-32-74(58)76/h1-54H. The van der Waals surface area contributed by atoms with Crippen LogP contribution in [-0.2, 0) is 0 Å². The minimum Gasteiger partial charge on any atom is -0.310 e. The zero-order valence-electron chi connectivity index (χ0n) is 44.0. The molecule has 0 aliphatic heterocycles. The first-order valence-electron chi connectivity index (χ1n) is 27.3. The molecule has 0 radical (unpaired) electrons. The van der Waals surface area contributed by atoms with Gasteiger partial charge in [0.25, 0.3) is 0 Å². The van der Waals surface area contributed by atoms with E-state index >= 15 is 0 Å². The maximum Gasteiger partial charge on any atom is 0.0540 e. The van der Waals surface area contributed by atoms with E-state index in [9.17, 15) is 0 Å². The molecule has 0 saturated heterocycles. The predicted molar refractivity (Wildman–Crippen MR) is 341 cm³/mol. The summed E-state index contributed by atoms with van der Waals surface area (Å²) < 4.78 is 0. The zero-order chi connectivity index (χ0) is 53.2. The Morgan fingerprint density at radius 1 is 0.150 bits per heavy atom. The van der Waals surface area contributed by atoms with Crippen molar-refractivity contribution in [3.05, 3.63) is 328 Å². The van der Waals surface area contributed by atoms with Crippen molar-refractivity contribution in [3.8, 4) is 11.1 Å². The van der Waals surface area contributed by atoms with Crippen LogP contribution in [0.25, 0.3) is 54.2 Å². The molecule has 80 heavy (non-hydrogen) atoms. The molecule has 0 aromatic heterocycles. The molecule has 0 atom stereocenters. The highest BCUT2D eigenvalue weighted by atomic mass is 15.2. The van der Waals surface area contributed by atoms with Gasteiger partial charge in [-0.15, -0.1) is 0 Å². The maximum atomic E-state index is 2.37. The van der Waals surface area contributed by atoms with Crippen molar-refractivity contribution < 1.29 is 0 Å². The van der Waals surface area contributed by atoms with E-state index in [0.717, 1.165) is 79.4 Å². The number of benzene rings is 14. The smallest absolute Gasteiger partial charge is 0.0540 e. The molecule has 4 heteroatoms. The Balaban J connectivity index is 0.759. The summed E-state index contributed by atoms with van der Waals surface area (Å²) in [6, 6.07) is 118. The molecule has 0 spiro atoms. The molecule has 378 valence electrons. The third-order valence-electron chi connectivity index (χ3n) is 15.3. The van der Waals surface area contributed by atoms with Gasteiger partial charge in [0.15, 0.2) is 0 Å². The highest BCUT2D eigenvalue weighted by Gasteiger charge is 2.20. The van der Waals surface area contributed by atoms with E-state index in [-0.39, 0.29) is 0 Å². The Kier molecular flexibility index (Phi) is 12.6. The van der Waals surface area contributed by atoms with Crippen LogP contribution in [0.5, 0.6) is 0 Å². The Hall–Kier alpha value is -10.7. The SMILES string of the molecule is c1ccc(N(c2ccc(-c3ccc(N(c4ccccc4)c4ccc5cc(N(c6ccccc6)c6cccc7ccccc67)ccc5c4)cc3)cc2)c2ccc3cc(N(c4ccccc4)c4cccc5ccccc45)ccc3c2)cc1. The monoisotopic (exact) mass is 1020 g/mol. The fourth-order valence-corrected chi connectivity index (χ4v) is 11.5. The van der Waals surface area contributed by atoms with Crippen molar-refractivity contribution in [2.24, 2.45) is 0 Å². The lowest BCUT2D eigenvalue weighted by Gasteiger charge is -2.28. The van der Waals surface area contributed by atoms with Crippen LogP contribution >= 0.6 is 0 Å². The molecule has 0 heterocycles. The van der Waals surface area contributed by atoms with Crippen LogP contribution in [0.1, 0.15) is 0 Å². The number of para-hydroxylation sites is 4. The summed E-state index contributed by atoms with van der Waals surface area (Å²) in [6.07, 6.45) is 0. The number of fused-ring (bicyclic) bond motifs is 4. The molecular formula is C76H54N4. The van der Waals surface area contributed by atoms with E-state index < -0.39 is 0 Å². The molecule has 0 unspecified atom stereocenters. The van der Waals surface area contributed by atoms with Gasteiger partial charge in [0.1, 0.15) is 0 Å². The highest BCUT2D eigenvalue weighted by molar-refractivity contribution is 6.02. The van der Waals surface area contributed by atoms with Crippen molar-refractivity contribution in [1.29, 1.82) is 0 Å². The minimum absolute atomic E-state index is 1.08. The van der Waals surface area contributed by atoms with Crippen LogP contribution in [0.2, 0.25) is 0 Å². The second-order valence-corrected chi connectivity index (χ2v) is 20.2. The van der Waals surface area contributed by atoms with E-state index in [1.54, 1.807) is 0 Å².